The van der Waals surface area contributed by atoms with Gasteiger partial charge in [-0.1, -0.05) is 13.3 Å². The summed E-state index contributed by atoms with van der Waals surface area (Å²) in [5, 5.41) is 4.45. The molecular formula is C5H13NO2S. The number of hydrogen-bond donors (Lipinski definition) is 1. The fourth-order valence-electron chi connectivity index (χ4n) is 0.571. The molecule has 0 aliphatic rings. The first-order valence-corrected chi connectivity index (χ1v) is 4.61. The molecule has 0 aromatic rings. The molecule has 0 aliphatic heterocycles. The van der Waals surface area contributed by atoms with Crippen LogP contribution in [0.5, 0.6) is 0 Å². The van der Waals surface area contributed by atoms with Gasteiger partial charge in [-0.05, 0) is 13.3 Å². The molecular weight excluding hydrogens is 138 g/mol. The van der Waals surface area contributed by atoms with E-state index in [0.717, 1.165) is 6.42 Å². The van der Waals surface area contributed by atoms with Crippen molar-refractivity contribution in [3.8, 4) is 0 Å². The van der Waals surface area contributed by atoms with E-state index in [2.05, 4.69) is 0 Å². The molecule has 56 valence electrons. The van der Waals surface area contributed by atoms with Gasteiger partial charge in [0, 0.05) is 0 Å². The van der Waals surface area contributed by atoms with E-state index in [4.69, 9.17) is 5.14 Å². The molecule has 0 rings (SSSR count). The van der Waals surface area contributed by atoms with Gasteiger partial charge in [0.25, 0.3) is 0 Å². The fraction of sp³-hybridized carbons (Fsp3) is 1.00. The van der Waals surface area contributed by atoms with Crippen molar-refractivity contribution in [3.05, 3.63) is 0 Å². The van der Waals surface area contributed by atoms with E-state index >= 15 is 0 Å². The van der Waals surface area contributed by atoms with Gasteiger partial charge in [0.15, 0.2) is 0 Å². The smallest absolute Gasteiger partial charge is 0.211 e. The van der Waals surface area contributed by atoms with Gasteiger partial charge in [-0.25, -0.2) is 13.6 Å². The molecule has 1 atom stereocenters. The molecule has 0 aliphatic carbocycles. The molecule has 0 saturated heterocycles. The normalized spacial score (nSPS) is 15.4. The molecule has 0 unspecified atom stereocenters. The van der Waals surface area contributed by atoms with Crippen molar-refractivity contribution in [1.82, 2.24) is 0 Å². The average Bonchev–Trinajstić information content (AvgIpc) is 1.64. The topological polar surface area (TPSA) is 60.2 Å². The first-order valence-electron chi connectivity index (χ1n) is 3.00. The minimum atomic E-state index is -3.26. The Balaban J connectivity index is 3.90. The van der Waals surface area contributed by atoms with Crippen LogP contribution in [0.1, 0.15) is 26.7 Å². The number of nitrogens with two attached hydrogens (primary N) is 1. The van der Waals surface area contributed by atoms with E-state index in [1.165, 1.54) is 0 Å². The highest BCUT2D eigenvalue weighted by Crippen LogP contribution is 2.02. The van der Waals surface area contributed by atoms with Crippen LogP contribution in [0.3, 0.4) is 0 Å². The summed E-state index contributed by atoms with van der Waals surface area (Å²) in [5.74, 6) is 0. The molecule has 0 heterocycles. The highest BCUT2D eigenvalue weighted by atomic mass is 32.2. The van der Waals surface area contributed by atoms with Gasteiger partial charge in [0.1, 0.15) is 0 Å². The molecule has 0 amide bonds. The summed E-state index contributed by atoms with van der Waals surface area (Å²) in [6.45, 7) is 3.56. The molecule has 0 spiro atoms. The van der Waals surface area contributed by atoms with Gasteiger partial charge in [-0.2, -0.15) is 0 Å². The number of rotatable bonds is 3. The van der Waals surface area contributed by atoms with E-state index < -0.39 is 10.0 Å². The Kier molecular flexibility index (Phi) is 3.14. The molecule has 0 saturated carbocycles. The zero-order valence-corrected chi connectivity index (χ0v) is 6.61. The van der Waals surface area contributed by atoms with Crippen LogP contribution < -0.4 is 5.14 Å². The van der Waals surface area contributed by atoms with Gasteiger partial charge in [-0.3, -0.25) is 0 Å². The first kappa shape index (κ1) is 8.91. The van der Waals surface area contributed by atoms with Crippen LogP contribution >= 0.6 is 0 Å². The lowest BCUT2D eigenvalue weighted by atomic mass is 10.3. The highest BCUT2D eigenvalue weighted by molar-refractivity contribution is 7.89. The van der Waals surface area contributed by atoms with Crippen LogP contribution in [0.15, 0.2) is 0 Å². The SMILES string of the molecule is CCC[C@H](C)S(N)(=O)=O. The van der Waals surface area contributed by atoms with Crippen LogP contribution in [0.2, 0.25) is 0 Å². The Hall–Kier alpha value is -0.0900. The van der Waals surface area contributed by atoms with E-state index in [9.17, 15) is 8.42 Å². The second-order valence-electron chi connectivity index (χ2n) is 2.19. The molecule has 3 nitrogen and oxygen atoms in total. The number of sulfonamides is 1. The second kappa shape index (κ2) is 3.17. The molecule has 9 heavy (non-hydrogen) atoms. The third kappa shape index (κ3) is 3.48. The minimum Gasteiger partial charge on any atom is -0.228 e. The first-order chi connectivity index (χ1) is 3.98. The van der Waals surface area contributed by atoms with Crippen LogP contribution in [-0.2, 0) is 10.0 Å². The summed E-state index contributed by atoms with van der Waals surface area (Å²) >= 11 is 0. The monoisotopic (exact) mass is 151 g/mol. The lowest BCUT2D eigenvalue weighted by Crippen LogP contribution is -2.25. The van der Waals surface area contributed by atoms with Gasteiger partial charge in [0.05, 0.1) is 5.25 Å². The maximum Gasteiger partial charge on any atom is 0.211 e. The van der Waals surface area contributed by atoms with Crippen LogP contribution in [0.4, 0.5) is 0 Å². The van der Waals surface area contributed by atoms with E-state index in [0.29, 0.717) is 6.42 Å². The van der Waals surface area contributed by atoms with Crippen molar-refractivity contribution in [3.63, 3.8) is 0 Å². The summed E-state index contributed by atoms with van der Waals surface area (Å²) in [6, 6.07) is 0. The highest BCUT2D eigenvalue weighted by Gasteiger charge is 2.12. The van der Waals surface area contributed by atoms with Crippen LogP contribution in [0, 0.1) is 0 Å². The van der Waals surface area contributed by atoms with Gasteiger partial charge < -0.3 is 0 Å². The van der Waals surface area contributed by atoms with E-state index in [-0.39, 0.29) is 5.25 Å². The standard InChI is InChI=1S/C5H13NO2S/c1-3-4-5(2)9(6,7)8/h5H,3-4H2,1-2H3,(H2,6,7,8)/t5-/m0/s1. The summed E-state index contributed by atoms with van der Waals surface area (Å²) in [7, 11) is -3.26. The Bertz CT molecular complexity index is 162. The Morgan fingerprint density at radius 2 is 2.00 bits per heavy atom. The molecule has 4 heteroatoms. The molecule has 0 bridgehead atoms. The summed E-state index contributed by atoms with van der Waals surface area (Å²) in [4.78, 5) is 0. The third-order valence-corrected chi connectivity index (χ3v) is 2.61. The predicted molar refractivity (Wildman–Crippen MR) is 37.5 cm³/mol. The fourth-order valence-corrected chi connectivity index (χ4v) is 1.14. The van der Waals surface area contributed by atoms with E-state index in [1.54, 1.807) is 6.92 Å². The average molecular weight is 151 g/mol. The van der Waals surface area contributed by atoms with Crippen molar-refractivity contribution in [2.24, 2.45) is 5.14 Å². The Morgan fingerprint density at radius 3 is 2.11 bits per heavy atom. The van der Waals surface area contributed by atoms with Crippen molar-refractivity contribution in [2.75, 3.05) is 0 Å². The zero-order valence-electron chi connectivity index (χ0n) is 5.79. The maximum absolute atomic E-state index is 10.5. The molecule has 0 fully saturated rings. The Morgan fingerprint density at radius 1 is 1.56 bits per heavy atom. The van der Waals surface area contributed by atoms with Crippen molar-refractivity contribution in [2.45, 2.75) is 31.9 Å². The van der Waals surface area contributed by atoms with Gasteiger partial charge in [0.2, 0.25) is 10.0 Å². The van der Waals surface area contributed by atoms with Gasteiger partial charge >= 0.3 is 0 Å². The van der Waals surface area contributed by atoms with Crippen LogP contribution in [-0.4, -0.2) is 13.7 Å². The molecule has 0 aromatic carbocycles. The molecule has 0 aromatic heterocycles. The van der Waals surface area contributed by atoms with Crippen LogP contribution in [0.25, 0.3) is 0 Å². The minimum absolute atomic E-state index is 0.387. The van der Waals surface area contributed by atoms with E-state index in [1.807, 2.05) is 6.92 Å². The quantitative estimate of drug-likeness (QED) is 0.637. The lowest BCUT2D eigenvalue weighted by molar-refractivity contribution is 0.577. The zero-order chi connectivity index (χ0) is 7.49. The predicted octanol–water partition coefficient (Wildman–Crippen LogP) is 0.464. The third-order valence-electron chi connectivity index (χ3n) is 1.26. The second-order valence-corrected chi connectivity index (χ2v) is 4.17. The van der Waals surface area contributed by atoms with Crippen molar-refractivity contribution in [1.29, 1.82) is 0 Å². The Labute approximate surface area is 56.3 Å². The molecule has 2 N–H and O–H groups in total. The van der Waals surface area contributed by atoms with Crippen molar-refractivity contribution >= 4 is 10.0 Å². The van der Waals surface area contributed by atoms with Crippen molar-refractivity contribution < 1.29 is 8.42 Å². The number of hydrogen-bond acceptors (Lipinski definition) is 2. The molecule has 0 radical (unpaired) electrons. The number of primary sulfonamides is 1. The summed E-state index contributed by atoms with van der Waals surface area (Å²) in [5.41, 5.74) is 0. The summed E-state index contributed by atoms with van der Waals surface area (Å²) < 4.78 is 21.0. The lowest BCUT2D eigenvalue weighted by Gasteiger charge is -2.04. The van der Waals surface area contributed by atoms with Gasteiger partial charge in [-0.15, -0.1) is 0 Å². The maximum atomic E-state index is 10.5. The summed E-state index contributed by atoms with van der Waals surface area (Å²) in [6.07, 6.45) is 1.51. The largest absolute Gasteiger partial charge is 0.228 e.